The van der Waals surface area contributed by atoms with Crippen molar-refractivity contribution in [3.63, 3.8) is 0 Å². The molecule has 1 aliphatic rings. The van der Waals surface area contributed by atoms with Crippen LogP contribution in [-0.4, -0.2) is 20.0 Å². The van der Waals surface area contributed by atoms with Crippen molar-refractivity contribution in [2.24, 2.45) is 0 Å². The summed E-state index contributed by atoms with van der Waals surface area (Å²) in [6.07, 6.45) is 3.82. The Morgan fingerprint density at radius 2 is 1.85 bits per heavy atom. The Morgan fingerprint density at radius 3 is 2.50 bits per heavy atom. The third-order valence-electron chi connectivity index (χ3n) is 3.81. The van der Waals surface area contributed by atoms with E-state index in [9.17, 15) is 4.79 Å². The molecule has 26 heavy (non-hydrogen) atoms. The van der Waals surface area contributed by atoms with Crippen molar-refractivity contribution in [2.45, 2.75) is 0 Å². The van der Waals surface area contributed by atoms with E-state index >= 15 is 0 Å². The van der Waals surface area contributed by atoms with Crippen LogP contribution in [-0.2, 0) is 0 Å². The summed E-state index contributed by atoms with van der Waals surface area (Å²) in [4.78, 5) is 12.7. The van der Waals surface area contributed by atoms with Gasteiger partial charge >= 0.3 is 0 Å². The first-order chi connectivity index (χ1) is 12.6. The van der Waals surface area contributed by atoms with Gasteiger partial charge < -0.3 is 5.32 Å². The number of thioether (sulfide) groups is 1. The Bertz CT molecular complexity index is 1030. The van der Waals surface area contributed by atoms with E-state index in [2.05, 4.69) is 5.32 Å². The van der Waals surface area contributed by atoms with Gasteiger partial charge in [-0.05, 0) is 42.1 Å². The lowest BCUT2D eigenvalue weighted by atomic mass is 10.1. The van der Waals surface area contributed by atoms with Crippen LogP contribution in [0.1, 0.15) is 5.56 Å². The summed E-state index contributed by atoms with van der Waals surface area (Å²) < 4.78 is 1.81. The summed E-state index contributed by atoms with van der Waals surface area (Å²) in [6, 6.07) is 17.3. The van der Waals surface area contributed by atoms with Crippen LogP contribution >= 0.6 is 35.6 Å². The molecule has 3 aromatic rings. The molecule has 0 spiro atoms. The highest BCUT2D eigenvalue weighted by Gasteiger charge is 2.22. The highest BCUT2D eigenvalue weighted by atomic mass is 35.5. The molecule has 1 fully saturated rings. The molecule has 1 N–H and O–H groups in total. The van der Waals surface area contributed by atoms with E-state index in [1.54, 1.807) is 0 Å². The Morgan fingerprint density at radius 1 is 1.12 bits per heavy atom. The van der Waals surface area contributed by atoms with Gasteiger partial charge in [-0.2, -0.15) is 5.10 Å². The fourth-order valence-corrected chi connectivity index (χ4v) is 3.75. The zero-order chi connectivity index (χ0) is 18.1. The maximum absolute atomic E-state index is 11.6. The third kappa shape index (κ3) is 3.44. The number of nitrogens with one attached hydrogen (secondary N) is 1. The summed E-state index contributed by atoms with van der Waals surface area (Å²) in [7, 11) is 0. The molecule has 1 saturated heterocycles. The molecular formula is C19H12ClN3OS2. The number of carbonyl (C=O) groups excluding carboxylic acids is 1. The summed E-state index contributed by atoms with van der Waals surface area (Å²) in [5, 5.41) is 7.88. The molecule has 128 valence electrons. The van der Waals surface area contributed by atoms with Crippen molar-refractivity contribution < 1.29 is 4.79 Å². The topological polar surface area (TPSA) is 46.9 Å². The molecule has 2 heterocycles. The normalized spacial score (nSPS) is 15.5. The van der Waals surface area contributed by atoms with E-state index in [1.165, 1.54) is 0 Å². The molecule has 7 heteroatoms. The first kappa shape index (κ1) is 17.0. The van der Waals surface area contributed by atoms with Crippen LogP contribution in [0.25, 0.3) is 23.0 Å². The van der Waals surface area contributed by atoms with Gasteiger partial charge in [0.2, 0.25) is 0 Å². The van der Waals surface area contributed by atoms with Crippen molar-refractivity contribution in [3.05, 3.63) is 76.3 Å². The first-order valence-corrected chi connectivity index (χ1v) is 9.36. The Kier molecular flexibility index (Phi) is 4.63. The van der Waals surface area contributed by atoms with Gasteiger partial charge in [-0.15, -0.1) is 0 Å². The molecule has 0 saturated carbocycles. The second-order valence-corrected chi connectivity index (χ2v) is 7.43. The van der Waals surface area contributed by atoms with Crippen molar-refractivity contribution in [2.75, 3.05) is 0 Å². The maximum Gasteiger partial charge on any atom is 0.289 e. The average molecular weight is 398 g/mol. The molecule has 1 aromatic heterocycles. The maximum atomic E-state index is 11.6. The van der Waals surface area contributed by atoms with Crippen LogP contribution in [0.15, 0.2) is 65.7 Å². The van der Waals surface area contributed by atoms with E-state index in [0.29, 0.717) is 14.9 Å². The SMILES string of the molecule is O=C1NC(=S)C(=Cc2cn(-c3ccccc3)nc2-c2ccc(Cl)cc2)S1. The van der Waals surface area contributed by atoms with Gasteiger partial charge in [0.1, 0.15) is 4.99 Å². The first-order valence-electron chi connectivity index (χ1n) is 7.76. The van der Waals surface area contributed by atoms with Crippen LogP contribution in [0, 0.1) is 0 Å². The van der Waals surface area contributed by atoms with E-state index in [1.807, 2.05) is 71.6 Å². The zero-order valence-corrected chi connectivity index (χ0v) is 15.7. The van der Waals surface area contributed by atoms with Gasteiger partial charge in [-0.25, -0.2) is 4.68 Å². The lowest BCUT2D eigenvalue weighted by molar-refractivity contribution is 0.265. The van der Waals surface area contributed by atoms with Crippen LogP contribution < -0.4 is 5.32 Å². The smallest absolute Gasteiger partial charge is 0.289 e. The largest absolute Gasteiger partial charge is 0.307 e. The number of thiocarbonyl (C=S) groups is 1. The third-order valence-corrected chi connectivity index (χ3v) is 5.34. The van der Waals surface area contributed by atoms with Gasteiger partial charge in [0, 0.05) is 22.3 Å². The molecule has 1 aliphatic heterocycles. The summed E-state index contributed by atoms with van der Waals surface area (Å²) in [5.74, 6) is 0. The van der Waals surface area contributed by atoms with Crippen molar-refractivity contribution in [3.8, 4) is 16.9 Å². The van der Waals surface area contributed by atoms with E-state index < -0.39 is 0 Å². The van der Waals surface area contributed by atoms with Gasteiger partial charge in [-0.3, -0.25) is 4.79 Å². The number of benzene rings is 2. The molecule has 0 aliphatic carbocycles. The monoisotopic (exact) mass is 397 g/mol. The van der Waals surface area contributed by atoms with Gasteiger partial charge in [0.15, 0.2) is 0 Å². The number of aromatic nitrogens is 2. The fourth-order valence-electron chi connectivity index (χ4n) is 2.60. The van der Waals surface area contributed by atoms with Gasteiger partial charge in [0.25, 0.3) is 5.24 Å². The predicted molar refractivity (Wildman–Crippen MR) is 111 cm³/mol. The summed E-state index contributed by atoms with van der Waals surface area (Å²) in [5.41, 5.74) is 3.55. The molecule has 4 nitrogen and oxygen atoms in total. The van der Waals surface area contributed by atoms with Crippen molar-refractivity contribution in [1.82, 2.24) is 15.1 Å². The van der Waals surface area contributed by atoms with Gasteiger partial charge in [0.05, 0.1) is 16.3 Å². The quantitative estimate of drug-likeness (QED) is 0.480. The Hall–Kier alpha value is -2.41. The second kappa shape index (κ2) is 7.07. The number of amides is 1. The number of para-hydroxylation sites is 1. The van der Waals surface area contributed by atoms with Crippen molar-refractivity contribution in [1.29, 1.82) is 0 Å². The number of carbonyl (C=O) groups is 1. The minimum atomic E-state index is -0.162. The van der Waals surface area contributed by atoms with Crippen LogP contribution in [0.4, 0.5) is 4.79 Å². The molecule has 0 atom stereocenters. The molecule has 0 bridgehead atoms. The predicted octanol–water partition coefficient (Wildman–Crippen LogP) is 5.32. The summed E-state index contributed by atoms with van der Waals surface area (Å²) in [6.45, 7) is 0. The molecule has 0 unspecified atom stereocenters. The van der Waals surface area contributed by atoms with Gasteiger partial charge in [-0.1, -0.05) is 54.2 Å². The van der Waals surface area contributed by atoms with E-state index in [4.69, 9.17) is 28.9 Å². The minimum absolute atomic E-state index is 0.162. The molecule has 0 radical (unpaired) electrons. The van der Waals surface area contributed by atoms with Crippen LogP contribution in [0.3, 0.4) is 0 Å². The second-order valence-electron chi connectivity index (χ2n) is 5.57. The highest BCUT2D eigenvalue weighted by Crippen LogP contribution is 2.31. The number of hydrogen-bond acceptors (Lipinski definition) is 4. The Labute approximate surface area is 164 Å². The Balaban J connectivity index is 1.84. The van der Waals surface area contributed by atoms with E-state index in [-0.39, 0.29) is 5.24 Å². The fraction of sp³-hybridized carbons (Fsp3) is 0. The number of hydrogen-bond donors (Lipinski definition) is 1. The standard InChI is InChI=1S/C19H12ClN3OS2/c20-14-8-6-12(7-9-14)17-13(10-16-18(25)21-19(24)26-16)11-23(22-17)15-4-2-1-3-5-15/h1-11H,(H,21,24,25). The van der Waals surface area contributed by atoms with Crippen LogP contribution in [0.2, 0.25) is 5.02 Å². The number of nitrogens with zero attached hydrogens (tertiary/aromatic N) is 2. The minimum Gasteiger partial charge on any atom is -0.307 e. The molecule has 1 amide bonds. The molecule has 4 rings (SSSR count). The number of halogens is 1. The highest BCUT2D eigenvalue weighted by molar-refractivity contribution is 8.19. The van der Waals surface area contributed by atoms with Crippen molar-refractivity contribution >= 4 is 51.9 Å². The molecule has 2 aromatic carbocycles. The van der Waals surface area contributed by atoms with Crippen LogP contribution in [0.5, 0.6) is 0 Å². The summed E-state index contributed by atoms with van der Waals surface area (Å²) >= 11 is 12.3. The number of rotatable bonds is 3. The average Bonchev–Trinajstić information content (AvgIpc) is 3.20. The lowest BCUT2D eigenvalue weighted by Crippen LogP contribution is -2.15. The zero-order valence-electron chi connectivity index (χ0n) is 13.3. The van der Waals surface area contributed by atoms with E-state index in [0.717, 1.165) is 34.3 Å². The molecular weight excluding hydrogens is 386 g/mol. The lowest BCUT2D eigenvalue weighted by Gasteiger charge is -2.01.